The molecular weight excluding hydrogens is 445 g/mol. The SMILES string of the molecule is O=C(NC1CC1)[C@@H](c1ccccc1)N1CCN(S(=O)(=O)c2cccc(Cl)c2Cl)CC1. The summed E-state index contributed by atoms with van der Waals surface area (Å²) >= 11 is 12.2. The zero-order valence-electron chi connectivity index (χ0n) is 16.3. The van der Waals surface area contributed by atoms with Crippen LogP contribution in [-0.4, -0.2) is 55.8 Å². The van der Waals surface area contributed by atoms with Crippen molar-refractivity contribution >= 4 is 39.1 Å². The molecule has 1 aliphatic heterocycles. The lowest BCUT2D eigenvalue weighted by molar-refractivity contribution is -0.127. The average Bonchev–Trinajstić information content (AvgIpc) is 3.55. The van der Waals surface area contributed by atoms with Gasteiger partial charge < -0.3 is 5.32 Å². The first-order chi connectivity index (χ1) is 14.4. The third kappa shape index (κ3) is 4.50. The van der Waals surface area contributed by atoms with E-state index in [0.29, 0.717) is 13.1 Å². The predicted molar refractivity (Wildman–Crippen MR) is 117 cm³/mol. The van der Waals surface area contributed by atoms with E-state index in [1.165, 1.54) is 10.4 Å². The number of hydrogen-bond acceptors (Lipinski definition) is 4. The molecule has 1 aliphatic carbocycles. The first kappa shape index (κ1) is 21.6. The van der Waals surface area contributed by atoms with Gasteiger partial charge in [-0.1, -0.05) is 59.6 Å². The lowest BCUT2D eigenvalue weighted by Gasteiger charge is -2.38. The number of sulfonamides is 1. The Morgan fingerprint density at radius 2 is 1.63 bits per heavy atom. The number of rotatable bonds is 6. The maximum atomic E-state index is 13.1. The Balaban J connectivity index is 1.51. The molecule has 2 fully saturated rings. The Bertz CT molecular complexity index is 1020. The maximum Gasteiger partial charge on any atom is 0.244 e. The number of piperazine rings is 1. The lowest BCUT2D eigenvalue weighted by atomic mass is 10.0. The molecule has 0 spiro atoms. The van der Waals surface area contributed by atoms with Gasteiger partial charge in [-0.25, -0.2) is 8.42 Å². The Kier molecular flexibility index (Phi) is 6.36. The summed E-state index contributed by atoms with van der Waals surface area (Å²) in [5.41, 5.74) is 0.907. The molecule has 4 rings (SSSR count). The number of carbonyl (C=O) groups is 1. The average molecular weight is 468 g/mol. The summed E-state index contributed by atoms with van der Waals surface area (Å²) in [6, 6.07) is 14.0. The van der Waals surface area contributed by atoms with Gasteiger partial charge in [0.15, 0.2) is 0 Å². The van der Waals surface area contributed by atoms with E-state index in [1.807, 2.05) is 35.2 Å². The predicted octanol–water partition coefficient (Wildman–Crippen LogP) is 3.32. The van der Waals surface area contributed by atoms with Gasteiger partial charge in [-0.3, -0.25) is 9.69 Å². The van der Waals surface area contributed by atoms with E-state index in [4.69, 9.17) is 23.2 Å². The Morgan fingerprint density at radius 3 is 2.27 bits per heavy atom. The molecule has 0 bridgehead atoms. The molecule has 30 heavy (non-hydrogen) atoms. The second kappa shape index (κ2) is 8.85. The fourth-order valence-electron chi connectivity index (χ4n) is 3.70. The third-order valence-electron chi connectivity index (χ3n) is 5.46. The van der Waals surface area contributed by atoms with Gasteiger partial charge >= 0.3 is 0 Å². The summed E-state index contributed by atoms with van der Waals surface area (Å²) in [5.74, 6) is -0.0297. The lowest BCUT2D eigenvalue weighted by Crippen LogP contribution is -2.52. The van der Waals surface area contributed by atoms with Crippen LogP contribution in [0.4, 0.5) is 0 Å². The first-order valence-electron chi connectivity index (χ1n) is 9.91. The molecular formula is C21H23Cl2N3O3S. The summed E-state index contributed by atoms with van der Waals surface area (Å²) < 4.78 is 27.6. The van der Waals surface area contributed by atoms with Crippen molar-refractivity contribution < 1.29 is 13.2 Å². The fraction of sp³-hybridized carbons (Fsp3) is 0.381. The highest BCUT2D eigenvalue weighted by atomic mass is 35.5. The van der Waals surface area contributed by atoms with Crippen LogP contribution >= 0.6 is 23.2 Å². The Hall–Kier alpha value is -1.64. The Morgan fingerprint density at radius 1 is 0.967 bits per heavy atom. The smallest absolute Gasteiger partial charge is 0.244 e. The molecule has 1 saturated carbocycles. The molecule has 1 heterocycles. The number of benzene rings is 2. The van der Waals surface area contributed by atoms with Gasteiger partial charge in [0.1, 0.15) is 10.9 Å². The van der Waals surface area contributed by atoms with Crippen molar-refractivity contribution in [3.8, 4) is 0 Å². The zero-order valence-corrected chi connectivity index (χ0v) is 18.6. The van der Waals surface area contributed by atoms with Crippen molar-refractivity contribution in [2.75, 3.05) is 26.2 Å². The third-order valence-corrected chi connectivity index (χ3v) is 8.33. The van der Waals surface area contributed by atoms with E-state index in [1.54, 1.807) is 12.1 Å². The van der Waals surface area contributed by atoms with Crippen molar-refractivity contribution in [2.24, 2.45) is 0 Å². The van der Waals surface area contributed by atoms with Crippen LogP contribution in [0.1, 0.15) is 24.4 Å². The van der Waals surface area contributed by atoms with Gasteiger partial charge in [0.2, 0.25) is 15.9 Å². The molecule has 1 saturated heterocycles. The van der Waals surface area contributed by atoms with Crippen LogP contribution in [-0.2, 0) is 14.8 Å². The van der Waals surface area contributed by atoms with Crippen molar-refractivity contribution in [1.82, 2.24) is 14.5 Å². The number of amides is 1. The highest BCUT2D eigenvalue weighted by molar-refractivity contribution is 7.89. The van der Waals surface area contributed by atoms with Crippen molar-refractivity contribution in [1.29, 1.82) is 0 Å². The second-order valence-corrected chi connectivity index (χ2v) is 10.3. The molecule has 160 valence electrons. The van der Waals surface area contributed by atoms with Gasteiger partial charge in [0.05, 0.1) is 10.0 Å². The van der Waals surface area contributed by atoms with Gasteiger partial charge in [0, 0.05) is 32.2 Å². The van der Waals surface area contributed by atoms with E-state index in [-0.39, 0.29) is 40.0 Å². The summed E-state index contributed by atoms with van der Waals surface area (Å²) in [4.78, 5) is 15.0. The van der Waals surface area contributed by atoms with Gasteiger partial charge in [-0.05, 0) is 30.5 Å². The summed E-state index contributed by atoms with van der Waals surface area (Å²) in [6.07, 6.45) is 2.03. The molecule has 6 nitrogen and oxygen atoms in total. The largest absolute Gasteiger partial charge is 0.352 e. The van der Waals surface area contributed by atoms with Crippen molar-refractivity contribution in [2.45, 2.75) is 29.8 Å². The number of nitrogens with zero attached hydrogens (tertiary/aromatic N) is 2. The van der Waals surface area contributed by atoms with Crippen LogP contribution in [0.5, 0.6) is 0 Å². The van der Waals surface area contributed by atoms with Crippen LogP contribution in [0.2, 0.25) is 10.0 Å². The van der Waals surface area contributed by atoms with Crippen LogP contribution in [0.3, 0.4) is 0 Å². The minimum atomic E-state index is -3.77. The summed E-state index contributed by atoms with van der Waals surface area (Å²) in [6.45, 7) is 1.42. The van der Waals surface area contributed by atoms with E-state index in [9.17, 15) is 13.2 Å². The molecule has 2 aliphatic rings. The molecule has 2 aromatic carbocycles. The summed E-state index contributed by atoms with van der Waals surface area (Å²) in [5, 5.41) is 3.33. The molecule has 1 amide bonds. The molecule has 1 N–H and O–H groups in total. The minimum Gasteiger partial charge on any atom is -0.352 e. The molecule has 9 heteroatoms. The molecule has 2 aromatic rings. The molecule has 0 aromatic heterocycles. The molecule has 1 atom stereocenters. The normalized spacial score (nSPS) is 19.4. The number of carbonyl (C=O) groups excluding carboxylic acids is 1. The van der Waals surface area contributed by atoms with Crippen LogP contribution in [0.15, 0.2) is 53.4 Å². The van der Waals surface area contributed by atoms with Crippen molar-refractivity contribution in [3.63, 3.8) is 0 Å². The van der Waals surface area contributed by atoms with Crippen molar-refractivity contribution in [3.05, 3.63) is 64.1 Å². The van der Waals surface area contributed by atoms with Gasteiger partial charge in [0.25, 0.3) is 0 Å². The number of hydrogen-bond donors (Lipinski definition) is 1. The van der Waals surface area contributed by atoms with Gasteiger partial charge in [-0.2, -0.15) is 4.31 Å². The quantitative estimate of drug-likeness (QED) is 0.707. The highest BCUT2D eigenvalue weighted by Gasteiger charge is 2.36. The number of halogens is 2. The Labute approximate surface area is 186 Å². The molecule has 0 radical (unpaired) electrons. The fourth-order valence-corrected chi connectivity index (χ4v) is 5.85. The maximum absolute atomic E-state index is 13.1. The van der Waals surface area contributed by atoms with Crippen LogP contribution < -0.4 is 5.32 Å². The zero-order chi connectivity index (χ0) is 21.3. The van der Waals surface area contributed by atoms with E-state index in [0.717, 1.165) is 18.4 Å². The first-order valence-corrected chi connectivity index (χ1v) is 12.1. The van der Waals surface area contributed by atoms with Gasteiger partial charge in [-0.15, -0.1) is 0 Å². The van der Waals surface area contributed by atoms with E-state index < -0.39 is 16.1 Å². The molecule has 0 unspecified atom stereocenters. The summed E-state index contributed by atoms with van der Waals surface area (Å²) in [7, 11) is -3.77. The monoisotopic (exact) mass is 467 g/mol. The van der Waals surface area contributed by atoms with E-state index in [2.05, 4.69) is 5.32 Å². The topological polar surface area (TPSA) is 69.7 Å². The van der Waals surface area contributed by atoms with Crippen LogP contribution in [0.25, 0.3) is 0 Å². The minimum absolute atomic E-state index is 0.0104. The van der Waals surface area contributed by atoms with E-state index >= 15 is 0 Å². The second-order valence-electron chi connectivity index (χ2n) is 7.59. The highest BCUT2D eigenvalue weighted by Crippen LogP contribution is 2.32. The number of nitrogens with one attached hydrogen (secondary N) is 1. The standard InChI is InChI=1S/C21H23Cl2N3O3S/c22-17-7-4-8-18(19(17)23)30(28,29)26-13-11-25(12-14-26)20(15-5-2-1-3-6-15)21(27)24-16-9-10-16/h1-8,16,20H,9-14H2,(H,24,27)/t20-/m1/s1. The van der Waals surface area contributed by atoms with Crippen LogP contribution in [0, 0.1) is 0 Å².